The number of nitrogens with zero attached hydrogens (tertiary/aromatic N) is 3. The maximum atomic E-state index is 12.6. The van der Waals surface area contributed by atoms with Crippen molar-refractivity contribution in [3.63, 3.8) is 0 Å². The number of H-pyrrole nitrogens is 1. The largest absolute Gasteiger partial charge is 0.460 e. The van der Waals surface area contributed by atoms with Crippen LogP contribution < -0.4 is 0 Å². The molecule has 1 aliphatic rings. The quantitative estimate of drug-likeness (QED) is 0.826. The summed E-state index contributed by atoms with van der Waals surface area (Å²) >= 11 is 0. The zero-order valence-electron chi connectivity index (χ0n) is 14.0. The minimum atomic E-state index is -3.78. The summed E-state index contributed by atoms with van der Waals surface area (Å²) in [6, 6.07) is 0. The number of sulfonamides is 1. The zero-order chi connectivity index (χ0) is 17.3. The van der Waals surface area contributed by atoms with E-state index in [4.69, 9.17) is 4.74 Å². The summed E-state index contributed by atoms with van der Waals surface area (Å²) in [4.78, 5) is 16.4. The van der Waals surface area contributed by atoms with Crippen LogP contribution in [0.4, 0.5) is 0 Å². The molecule has 0 saturated carbocycles. The molecule has 0 aromatic carbocycles. The number of rotatable bonds is 4. The van der Waals surface area contributed by atoms with E-state index in [2.05, 4.69) is 15.2 Å². The van der Waals surface area contributed by atoms with Gasteiger partial charge in [-0.25, -0.2) is 18.5 Å². The SMILES string of the molecule is CCC1(C(=O)OC(C)(C)C)CCCN(S(=O)(=O)c2ncn[nH]2)C1. The van der Waals surface area contributed by atoms with Gasteiger partial charge in [-0.2, -0.15) is 9.40 Å². The van der Waals surface area contributed by atoms with Crippen molar-refractivity contribution in [2.45, 2.75) is 57.7 Å². The highest BCUT2D eigenvalue weighted by molar-refractivity contribution is 7.88. The Labute approximate surface area is 136 Å². The van der Waals surface area contributed by atoms with E-state index in [9.17, 15) is 13.2 Å². The number of esters is 1. The highest BCUT2D eigenvalue weighted by atomic mass is 32.2. The number of nitrogens with one attached hydrogen (secondary N) is 1. The Bertz CT molecular complexity index is 651. The van der Waals surface area contributed by atoms with E-state index >= 15 is 0 Å². The van der Waals surface area contributed by atoms with Gasteiger partial charge in [-0.1, -0.05) is 6.92 Å². The van der Waals surface area contributed by atoms with Crippen LogP contribution in [0.2, 0.25) is 0 Å². The van der Waals surface area contributed by atoms with Gasteiger partial charge < -0.3 is 4.74 Å². The molecule has 1 aliphatic heterocycles. The third kappa shape index (κ3) is 3.72. The number of aromatic nitrogens is 3. The number of carbonyl (C=O) groups excluding carboxylic acids is 1. The van der Waals surface area contributed by atoms with Crippen molar-refractivity contribution >= 4 is 16.0 Å². The van der Waals surface area contributed by atoms with Crippen molar-refractivity contribution < 1.29 is 17.9 Å². The van der Waals surface area contributed by atoms with Gasteiger partial charge in [0.2, 0.25) is 0 Å². The lowest BCUT2D eigenvalue weighted by Gasteiger charge is -2.40. The van der Waals surface area contributed by atoms with Gasteiger partial charge in [0, 0.05) is 13.1 Å². The van der Waals surface area contributed by atoms with Gasteiger partial charge in [0.1, 0.15) is 11.9 Å². The lowest BCUT2D eigenvalue weighted by Crippen LogP contribution is -2.51. The molecule has 1 saturated heterocycles. The van der Waals surface area contributed by atoms with E-state index in [1.54, 1.807) is 20.8 Å². The second-order valence-electron chi connectivity index (χ2n) is 6.87. The third-order valence-electron chi connectivity index (χ3n) is 4.03. The van der Waals surface area contributed by atoms with Crippen LogP contribution in [0.3, 0.4) is 0 Å². The van der Waals surface area contributed by atoms with Crippen LogP contribution in [0.15, 0.2) is 11.5 Å². The van der Waals surface area contributed by atoms with Gasteiger partial charge in [-0.05, 0) is 40.0 Å². The topological polar surface area (TPSA) is 105 Å². The number of carbonyl (C=O) groups is 1. The molecule has 130 valence electrons. The van der Waals surface area contributed by atoms with E-state index in [1.165, 1.54) is 4.31 Å². The highest BCUT2D eigenvalue weighted by Gasteiger charge is 2.46. The summed E-state index contributed by atoms with van der Waals surface area (Å²) in [5.41, 5.74) is -1.43. The molecule has 1 atom stereocenters. The van der Waals surface area contributed by atoms with Crippen LogP contribution in [0.1, 0.15) is 47.0 Å². The summed E-state index contributed by atoms with van der Waals surface area (Å²) in [5, 5.41) is 5.77. The molecular formula is C14H24N4O4S. The Hall–Kier alpha value is -1.48. The van der Waals surface area contributed by atoms with Gasteiger partial charge in [-0.15, -0.1) is 0 Å². The predicted molar refractivity (Wildman–Crippen MR) is 82.9 cm³/mol. The Morgan fingerprint density at radius 1 is 1.48 bits per heavy atom. The number of hydrogen-bond acceptors (Lipinski definition) is 6. The fraction of sp³-hybridized carbons (Fsp3) is 0.786. The summed E-state index contributed by atoms with van der Waals surface area (Å²) in [6.07, 6.45) is 2.88. The minimum absolute atomic E-state index is 0.0987. The minimum Gasteiger partial charge on any atom is -0.460 e. The molecule has 0 amide bonds. The van der Waals surface area contributed by atoms with E-state index in [0.717, 1.165) is 6.33 Å². The predicted octanol–water partition coefficient (Wildman–Crippen LogP) is 1.33. The normalized spacial score (nSPS) is 23.7. The van der Waals surface area contributed by atoms with Gasteiger partial charge in [-0.3, -0.25) is 4.79 Å². The molecule has 2 heterocycles. The number of ether oxygens (including phenoxy) is 1. The van der Waals surface area contributed by atoms with Crippen molar-refractivity contribution in [2.24, 2.45) is 5.41 Å². The molecule has 23 heavy (non-hydrogen) atoms. The molecule has 9 heteroatoms. The molecule has 0 radical (unpaired) electrons. The lowest BCUT2D eigenvalue weighted by atomic mass is 9.78. The van der Waals surface area contributed by atoms with Crippen LogP contribution in [0, 0.1) is 5.41 Å². The molecule has 1 aromatic heterocycles. The second kappa shape index (κ2) is 6.20. The van der Waals surface area contributed by atoms with Gasteiger partial charge >= 0.3 is 5.97 Å². The standard InChI is InChI=1S/C14H24N4O4S/c1-5-14(11(19)22-13(2,3)4)7-6-8-18(9-14)23(20,21)12-15-10-16-17-12/h10H,5-9H2,1-4H3,(H,15,16,17). The van der Waals surface area contributed by atoms with E-state index in [-0.39, 0.29) is 17.7 Å². The van der Waals surface area contributed by atoms with E-state index in [1.807, 2.05) is 6.92 Å². The van der Waals surface area contributed by atoms with Crippen LogP contribution in [0.5, 0.6) is 0 Å². The molecule has 2 rings (SSSR count). The highest BCUT2D eigenvalue weighted by Crippen LogP contribution is 2.37. The molecular weight excluding hydrogens is 320 g/mol. The summed E-state index contributed by atoms with van der Waals surface area (Å²) in [5.74, 6) is -0.343. The van der Waals surface area contributed by atoms with Gasteiger partial charge in [0.05, 0.1) is 5.41 Å². The average molecular weight is 344 g/mol. The summed E-state index contributed by atoms with van der Waals surface area (Å²) < 4.78 is 32.0. The van der Waals surface area contributed by atoms with Crippen LogP contribution in [-0.2, 0) is 19.6 Å². The first kappa shape index (κ1) is 17.9. The van der Waals surface area contributed by atoms with Crippen molar-refractivity contribution in [1.82, 2.24) is 19.5 Å². The molecule has 0 spiro atoms. The lowest BCUT2D eigenvalue weighted by molar-refractivity contribution is -0.170. The molecule has 1 fully saturated rings. The zero-order valence-corrected chi connectivity index (χ0v) is 14.8. The second-order valence-corrected chi connectivity index (χ2v) is 8.72. The van der Waals surface area contributed by atoms with Crippen molar-refractivity contribution in [1.29, 1.82) is 0 Å². The number of hydrogen-bond donors (Lipinski definition) is 1. The molecule has 1 aromatic rings. The van der Waals surface area contributed by atoms with Crippen LogP contribution in [-0.4, -0.2) is 52.6 Å². The Morgan fingerprint density at radius 3 is 2.70 bits per heavy atom. The van der Waals surface area contributed by atoms with Crippen LogP contribution in [0.25, 0.3) is 0 Å². The van der Waals surface area contributed by atoms with Crippen LogP contribution >= 0.6 is 0 Å². The smallest absolute Gasteiger partial charge is 0.313 e. The van der Waals surface area contributed by atoms with E-state index in [0.29, 0.717) is 25.8 Å². The first-order valence-electron chi connectivity index (χ1n) is 7.70. The molecule has 0 bridgehead atoms. The molecule has 8 nitrogen and oxygen atoms in total. The molecule has 0 aliphatic carbocycles. The number of piperidine rings is 1. The Balaban J connectivity index is 2.26. The van der Waals surface area contributed by atoms with Crippen molar-refractivity contribution in [3.8, 4) is 0 Å². The Kier molecular flexibility index (Phi) is 4.81. The molecule has 1 N–H and O–H groups in total. The molecule has 1 unspecified atom stereocenters. The fourth-order valence-electron chi connectivity index (χ4n) is 2.72. The van der Waals surface area contributed by atoms with Crippen molar-refractivity contribution in [3.05, 3.63) is 6.33 Å². The first-order chi connectivity index (χ1) is 10.6. The third-order valence-corrected chi connectivity index (χ3v) is 5.70. The summed E-state index contributed by atoms with van der Waals surface area (Å²) in [6.45, 7) is 7.75. The van der Waals surface area contributed by atoms with Crippen molar-refractivity contribution in [2.75, 3.05) is 13.1 Å². The fourth-order valence-corrected chi connectivity index (χ4v) is 4.10. The van der Waals surface area contributed by atoms with Gasteiger partial charge in [0.25, 0.3) is 15.2 Å². The van der Waals surface area contributed by atoms with E-state index < -0.39 is 21.0 Å². The Morgan fingerprint density at radius 2 is 2.17 bits per heavy atom. The summed E-state index contributed by atoms with van der Waals surface area (Å²) in [7, 11) is -3.78. The average Bonchev–Trinajstić information content (AvgIpc) is 3.00. The maximum absolute atomic E-state index is 12.6. The van der Waals surface area contributed by atoms with Gasteiger partial charge in [0.15, 0.2) is 0 Å². The number of aromatic amines is 1. The maximum Gasteiger partial charge on any atom is 0.313 e. The first-order valence-corrected chi connectivity index (χ1v) is 9.14. The monoisotopic (exact) mass is 344 g/mol.